The SMILES string of the molecule is CCB(CC)C1=C([Si](C)(C)C)[Si](C)(C)C2=C1C1=C([Si]2(C)C)[Si](C)(C)[C]([Sn]([CH3])([CH3])[CH3])=C1CC. The van der Waals surface area contributed by atoms with Gasteiger partial charge in [-0.05, 0) is 0 Å². The van der Waals surface area contributed by atoms with Crippen molar-refractivity contribution in [3.05, 3.63) is 39.9 Å². The fraction of sp³-hybridized carbons (Fsp3) is 0.692. The Labute approximate surface area is 209 Å². The van der Waals surface area contributed by atoms with Gasteiger partial charge in [-0.1, -0.05) is 0 Å². The summed E-state index contributed by atoms with van der Waals surface area (Å²) in [6.45, 7) is 32.8. The van der Waals surface area contributed by atoms with Crippen LogP contribution < -0.4 is 0 Å². The zero-order valence-electron chi connectivity index (χ0n) is 24.2. The zero-order chi connectivity index (χ0) is 24.8. The van der Waals surface area contributed by atoms with Crippen molar-refractivity contribution in [2.24, 2.45) is 0 Å². The van der Waals surface area contributed by atoms with Gasteiger partial charge in [0, 0.05) is 0 Å². The summed E-state index contributed by atoms with van der Waals surface area (Å²) in [5.74, 6) is 0. The van der Waals surface area contributed by atoms with Crippen LogP contribution in [0.2, 0.25) is 86.4 Å². The Morgan fingerprint density at radius 3 is 1.56 bits per heavy atom. The van der Waals surface area contributed by atoms with Crippen LogP contribution in [-0.4, -0.2) is 57.4 Å². The predicted octanol–water partition coefficient (Wildman–Crippen LogP) is 8.81. The van der Waals surface area contributed by atoms with E-state index in [-0.39, 0.29) is 0 Å². The topological polar surface area (TPSA) is 0 Å². The Kier molecular flexibility index (Phi) is 6.91. The molecule has 0 nitrogen and oxygen atoms in total. The van der Waals surface area contributed by atoms with E-state index in [1.54, 1.807) is 0 Å². The summed E-state index contributed by atoms with van der Waals surface area (Å²) >= 11 is -2.21. The Hall–Kier alpha value is 0.691. The Bertz CT molecular complexity index is 974. The van der Waals surface area contributed by atoms with Crippen LogP contribution in [0.25, 0.3) is 0 Å². The van der Waals surface area contributed by atoms with Gasteiger partial charge in [-0.25, -0.2) is 0 Å². The molecule has 3 aliphatic rings. The third-order valence-corrected chi connectivity index (χ3v) is 46.9. The quantitative estimate of drug-likeness (QED) is 0.266. The fourth-order valence-electron chi connectivity index (χ4n) is 9.16. The molecule has 3 heterocycles. The van der Waals surface area contributed by atoms with Crippen LogP contribution in [-0.2, 0) is 0 Å². The molecule has 0 fully saturated rings. The van der Waals surface area contributed by atoms with E-state index in [1.807, 2.05) is 22.2 Å². The standard InChI is InChI=1S/C23H42BSi4.3CH3.Sn/c1-13-17-16-26(7,8)21-18(17)19-20(24(14-2)15-3)23(25(4,5)6)28(11,12)22(19)27(21,9)10;;;;/h13-15H2,1-12H3;3*1H3;. The monoisotopic (exact) mass is 606 g/mol. The zero-order valence-corrected chi connectivity index (χ0v) is 31.1. The van der Waals surface area contributed by atoms with Crippen molar-refractivity contribution in [3.63, 3.8) is 0 Å². The Morgan fingerprint density at radius 1 is 0.719 bits per heavy atom. The van der Waals surface area contributed by atoms with Gasteiger partial charge in [0.2, 0.25) is 0 Å². The number of hydrogen-bond acceptors (Lipinski definition) is 0. The summed E-state index contributed by atoms with van der Waals surface area (Å²) in [4.78, 5) is 14.4. The van der Waals surface area contributed by atoms with Crippen LogP contribution >= 0.6 is 0 Å². The molecule has 0 N–H and O–H groups in total. The van der Waals surface area contributed by atoms with E-state index in [0.29, 0.717) is 0 Å². The molecule has 0 aromatic rings. The van der Waals surface area contributed by atoms with Crippen molar-refractivity contribution in [2.75, 3.05) is 0 Å². The van der Waals surface area contributed by atoms with E-state index in [4.69, 9.17) is 0 Å². The molecule has 6 heteroatoms. The molecule has 3 aliphatic heterocycles. The molecule has 0 saturated heterocycles. The van der Waals surface area contributed by atoms with E-state index in [2.05, 4.69) is 112 Å². The van der Waals surface area contributed by atoms with Crippen molar-refractivity contribution in [1.29, 1.82) is 0 Å². The molecule has 3 rings (SSSR count). The summed E-state index contributed by atoms with van der Waals surface area (Å²) in [5.41, 5.74) is 7.61. The summed E-state index contributed by atoms with van der Waals surface area (Å²) in [5, 5.41) is 0. The Balaban J connectivity index is 2.52. The summed E-state index contributed by atoms with van der Waals surface area (Å²) in [6.07, 6.45) is 3.88. The van der Waals surface area contributed by atoms with E-state index < -0.39 is 50.7 Å². The first-order valence-electron chi connectivity index (χ1n) is 13.3. The van der Waals surface area contributed by atoms with E-state index in [9.17, 15) is 0 Å². The average molecular weight is 606 g/mol. The average Bonchev–Trinajstić information content (AvgIpc) is 3.10. The minimum absolute atomic E-state index is 0.762. The van der Waals surface area contributed by atoms with Gasteiger partial charge in [0.1, 0.15) is 0 Å². The van der Waals surface area contributed by atoms with Crippen molar-refractivity contribution < 1.29 is 0 Å². The molecule has 0 bridgehead atoms. The first-order chi connectivity index (χ1) is 14.3. The van der Waals surface area contributed by atoms with Crippen molar-refractivity contribution in [1.82, 2.24) is 0 Å². The van der Waals surface area contributed by atoms with Crippen molar-refractivity contribution >= 4 is 57.4 Å². The molecule has 0 spiro atoms. The molecule has 0 atom stereocenters. The van der Waals surface area contributed by atoms with Gasteiger partial charge >= 0.3 is 211 Å². The van der Waals surface area contributed by atoms with Gasteiger partial charge in [0.25, 0.3) is 0 Å². The van der Waals surface area contributed by atoms with Crippen LogP contribution in [0.1, 0.15) is 27.2 Å². The second kappa shape index (κ2) is 8.10. The predicted molar refractivity (Wildman–Crippen MR) is 164 cm³/mol. The molecule has 0 amide bonds. The molecule has 178 valence electrons. The third kappa shape index (κ3) is 3.60. The van der Waals surface area contributed by atoms with Crippen molar-refractivity contribution in [2.45, 2.75) is 114 Å². The van der Waals surface area contributed by atoms with Gasteiger partial charge in [-0.15, -0.1) is 0 Å². The molecular weight excluding hydrogens is 554 g/mol. The van der Waals surface area contributed by atoms with Gasteiger partial charge < -0.3 is 0 Å². The van der Waals surface area contributed by atoms with Crippen LogP contribution in [0.5, 0.6) is 0 Å². The van der Waals surface area contributed by atoms with Gasteiger partial charge in [0.15, 0.2) is 0 Å². The molecule has 0 radical (unpaired) electrons. The van der Waals surface area contributed by atoms with Crippen LogP contribution in [0.15, 0.2) is 39.9 Å². The number of hydrogen-bond donors (Lipinski definition) is 0. The second-order valence-corrected chi connectivity index (χ2v) is 49.3. The van der Waals surface area contributed by atoms with E-state index in [0.717, 1.165) is 6.71 Å². The van der Waals surface area contributed by atoms with Gasteiger partial charge in [-0.2, -0.15) is 0 Å². The van der Waals surface area contributed by atoms with Crippen LogP contribution in [0.3, 0.4) is 0 Å². The van der Waals surface area contributed by atoms with Gasteiger partial charge in [-0.3, -0.25) is 0 Å². The fourth-order valence-corrected chi connectivity index (χ4v) is 62.8. The molecule has 0 unspecified atom stereocenters. The summed E-state index contributed by atoms with van der Waals surface area (Å²) < 4.78 is 2.09. The number of fused-ring (bicyclic) bond motifs is 1. The molecule has 0 aromatic heterocycles. The molecule has 0 aliphatic carbocycles. The second-order valence-electron chi connectivity index (χ2n) is 14.4. The van der Waals surface area contributed by atoms with Crippen molar-refractivity contribution in [3.8, 4) is 0 Å². The summed E-state index contributed by atoms with van der Waals surface area (Å²) in [6, 6.07) is 0. The van der Waals surface area contributed by atoms with Crippen LogP contribution in [0, 0.1) is 0 Å². The molecule has 32 heavy (non-hydrogen) atoms. The third-order valence-electron chi connectivity index (χ3n) is 8.89. The first kappa shape index (κ1) is 27.3. The molecular formula is C26H51BSi4Sn. The normalized spacial score (nSPS) is 24.1. The maximum atomic E-state index is 2.79. The molecule has 0 saturated carbocycles. The maximum absolute atomic E-state index is 2.79. The van der Waals surface area contributed by atoms with Gasteiger partial charge in [0.05, 0.1) is 0 Å². The van der Waals surface area contributed by atoms with E-state index >= 15 is 0 Å². The minimum atomic E-state index is -2.21. The van der Waals surface area contributed by atoms with E-state index in [1.165, 1.54) is 19.1 Å². The first-order valence-corrected chi connectivity index (χ1v) is 35.8. The molecule has 0 aromatic carbocycles. The number of rotatable bonds is 6. The van der Waals surface area contributed by atoms with Crippen LogP contribution in [0.4, 0.5) is 0 Å². The Morgan fingerprint density at radius 2 is 1.19 bits per heavy atom. The number of allylic oxidation sites excluding steroid dienone is 4. The summed E-state index contributed by atoms with van der Waals surface area (Å²) in [7, 11) is -6.19.